The summed E-state index contributed by atoms with van der Waals surface area (Å²) in [5, 5.41) is 9.77. The van der Waals surface area contributed by atoms with Gasteiger partial charge in [0.05, 0.1) is 5.60 Å². The zero-order valence-corrected chi connectivity index (χ0v) is 9.78. The molecule has 0 fully saturated rings. The lowest BCUT2D eigenvalue weighted by atomic mass is 9.77. The van der Waals surface area contributed by atoms with Crippen LogP contribution < -0.4 is 5.46 Å². The molecule has 4 heteroatoms. The molecule has 1 aromatic rings. The number of benzene rings is 1. The van der Waals surface area contributed by atoms with E-state index < -0.39 is 12.7 Å². The second-order valence-corrected chi connectivity index (χ2v) is 4.78. The van der Waals surface area contributed by atoms with Crippen molar-refractivity contribution in [1.82, 2.24) is 0 Å². The average molecular weight is 218 g/mol. The second kappa shape index (κ2) is 3.72. The molecule has 0 amide bonds. The van der Waals surface area contributed by atoms with Gasteiger partial charge in [-0.05, 0) is 37.4 Å². The van der Waals surface area contributed by atoms with Gasteiger partial charge in [0, 0.05) is 6.42 Å². The summed E-state index contributed by atoms with van der Waals surface area (Å²) >= 11 is 0. The van der Waals surface area contributed by atoms with Crippen molar-refractivity contribution in [1.29, 1.82) is 0 Å². The average Bonchev–Trinajstić information content (AvgIpc) is 2.36. The third kappa shape index (κ3) is 1.90. The summed E-state index contributed by atoms with van der Waals surface area (Å²) in [5.74, 6) is 0.118. The van der Waals surface area contributed by atoms with Gasteiger partial charge in [-0.15, -0.1) is 0 Å². The minimum atomic E-state index is -0.878. The largest absolute Gasteiger partial charge is 0.492 e. The van der Waals surface area contributed by atoms with E-state index in [1.807, 2.05) is 32.0 Å². The molecular weight excluding hydrogens is 203 g/mol. The molecule has 0 unspecified atom stereocenters. The maximum absolute atomic E-state index is 11.0. The number of rotatable bonds is 2. The Hall–Kier alpha value is -1.13. The molecule has 3 nitrogen and oxygen atoms in total. The lowest BCUT2D eigenvalue weighted by Gasteiger charge is -2.19. The quantitative estimate of drug-likeness (QED) is 0.745. The van der Waals surface area contributed by atoms with E-state index in [-0.39, 0.29) is 5.78 Å². The van der Waals surface area contributed by atoms with E-state index in [0.717, 1.165) is 16.6 Å². The van der Waals surface area contributed by atoms with Gasteiger partial charge in [0.1, 0.15) is 5.78 Å². The molecular formula is C12H15BO3. The van der Waals surface area contributed by atoms with Gasteiger partial charge in [-0.2, -0.15) is 0 Å². The fourth-order valence-corrected chi connectivity index (χ4v) is 2.17. The molecule has 1 aromatic carbocycles. The van der Waals surface area contributed by atoms with E-state index in [1.165, 1.54) is 0 Å². The highest BCUT2D eigenvalue weighted by molar-refractivity contribution is 6.62. The summed E-state index contributed by atoms with van der Waals surface area (Å²) in [6, 6.07) is 5.71. The lowest BCUT2D eigenvalue weighted by Crippen LogP contribution is -2.29. The Labute approximate surface area is 95.6 Å². The first-order valence-corrected chi connectivity index (χ1v) is 5.39. The molecule has 0 spiro atoms. The fraction of sp³-hybridized carbons (Fsp3) is 0.417. The summed E-state index contributed by atoms with van der Waals surface area (Å²) in [7, 11) is -0.878. The van der Waals surface area contributed by atoms with Gasteiger partial charge < -0.3 is 9.68 Å². The summed E-state index contributed by atoms with van der Waals surface area (Å²) in [5.41, 5.74) is 2.24. The molecule has 16 heavy (non-hydrogen) atoms. The van der Waals surface area contributed by atoms with Crippen LogP contribution in [-0.4, -0.2) is 17.9 Å². The van der Waals surface area contributed by atoms with Crippen molar-refractivity contribution < 1.29 is 14.5 Å². The normalized spacial score (nSPS) is 17.4. The number of fused-ring (bicyclic) bond motifs is 1. The van der Waals surface area contributed by atoms with Crippen molar-refractivity contribution in [2.24, 2.45) is 0 Å². The van der Waals surface area contributed by atoms with Crippen LogP contribution in [0.15, 0.2) is 18.2 Å². The smallest absolute Gasteiger partial charge is 0.423 e. The third-order valence-corrected chi connectivity index (χ3v) is 2.89. The lowest BCUT2D eigenvalue weighted by molar-refractivity contribution is -0.116. The molecule has 0 saturated carbocycles. The van der Waals surface area contributed by atoms with Crippen molar-refractivity contribution in [2.45, 2.75) is 32.8 Å². The van der Waals surface area contributed by atoms with Gasteiger partial charge in [0.15, 0.2) is 0 Å². The zero-order chi connectivity index (χ0) is 11.9. The standard InChI is InChI=1S/C12H15BO3/c1-8(14)6-9-4-5-10-11(7-9)13(15)16-12(10,2)3/h4-5,7,15H,6H2,1-3H3. The van der Waals surface area contributed by atoms with Crippen LogP contribution in [-0.2, 0) is 21.5 Å². The monoisotopic (exact) mass is 218 g/mol. The number of Topliss-reactive ketones (excluding diaryl/α,β-unsaturated/α-hetero) is 1. The van der Waals surface area contributed by atoms with Crippen LogP contribution in [0.5, 0.6) is 0 Å². The van der Waals surface area contributed by atoms with Crippen molar-refractivity contribution >= 4 is 18.4 Å². The molecule has 0 atom stereocenters. The van der Waals surface area contributed by atoms with E-state index in [1.54, 1.807) is 6.92 Å². The molecule has 84 valence electrons. The van der Waals surface area contributed by atoms with Gasteiger partial charge in [0.2, 0.25) is 0 Å². The maximum atomic E-state index is 11.0. The van der Waals surface area contributed by atoms with E-state index >= 15 is 0 Å². The molecule has 0 radical (unpaired) electrons. The third-order valence-electron chi connectivity index (χ3n) is 2.89. The van der Waals surface area contributed by atoms with E-state index in [9.17, 15) is 9.82 Å². The molecule has 1 aliphatic rings. The number of ketones is 1. The topological polar surface area (TPSA) is 46.5 Å². The minimum absolute atomic E-state index is 0.118. The number of carbonyl (C=O) groups excluding carboxylic acids is 1. The number of hydrogen-bond acceptors (Lipinski definition) is 3. The van der Waals surface area contributed by atoms with Gasteiger partial charge in [0.25, 0.3) is 0 Å². The van der Waals surface area contributed by atoms with Gasteiger partial charge >= 0.3 is 7.12 Å². The summed E-state index contributed by atoms with van der Waals surface area (Å²) in [6.07, 6.45) is 0.403. The van der Waals surface area contributed by atoms with Crippen LogP contribution >= 0.6 is 0 Å². The van der Waals surface area contributed by atoms with Crippen LogP contribution in [0.25, 0.3) is 0 Å². The number of hydrogen-bond donors (Lipinski definition) is 1. The SMILES string of the molecule is CC(=O)Cc1ccc2c(c1)B(O)OC2(C)C. The molecule has 0 saturated heterocycles. The number of carbonyl (C=O) groups is 1. The molecule has 0 bridgehead atoms. The highest BCUT2D eigenvalue weighted by Crippen LogP contribution is 2.29. The molecule has 0 aliphatic carbocycles. The maximum Gasteiger partial charge on any atom is 0.492 e. The van der Waals surface area contributed by atoms with Crippen LogP contribution in [0, 0.1) is 0 Å². The van der Waals surface area contributed by atoms with Crippen LogP contribution in [0.3, 0.4) is 0 Å². The molecule has 1 aliphatic heterocycles. The van der Waals surface area contributed by atoms with Crippen molar-refractivity contribution in [3.63, 3.8) is 0 Å². The van der Waals surface area contributed by atoms with Gasteiger partial charge in [-0.25, -0.2) is 0 Å². The molecule has 0 aromatic heterocycles. The summed E-state index contributed by atoms with van der Waals surface area (Å²) in [4.78, 5) is 11.0. The zero-order valence-electron chi connectivity index (χ0n) is 9.78. The fourth-order valence-electron chi connectivity index (χ4n) is 2.17. The Morgan fingerprint density at radius 2 is 2.19 bits per heavy atom. The Morgan fingerprint density at radius 3 is 2.81 bits per heavy atom. The summed E-state index contributed by atoms with van der Waals surface area (Å²) < 4.78 is 5.45. The predicted octanol–water partition coefficient (Wildman–Crippen LogP) is 0.771. The van der Waals surface area contributed by atoms with Crippen LogP contribution in [0.2, 0.25) is 0 Å². The first-order valence-electron chi connectivity index (χ1n) is 5.39. The Morgan fingerprint density at radius 1 is 1.50 bits per heavy atom. The molecule has 2 rings (SSSR count). The molecule has 1 N–H and O–H groups in total. The predicted molar refractivity (Wildman–Crippen MR) is 62.5 cm³/mol. The summed E-state index contributed by atoms with van der Waals surface area (Å²) in [6.45, 7) is 5.41. The van der Waals surface area contributed by atoms with Crippen LogP contribution in [0.4, 0.5) is 0 Å². The van der Waals surface area contributed by atoms with Crippen molar-refractivity contribution in [3.05, 3.63) is 29.3 Å². The van der Waals surface area contributed by atoms with Crippen molar-refractivity contribution in [3.8, 4) is 0 Å². The highest BCUT2D eigenvalue weighted by Gasteiger charge is 2.40. The van der Waals surface area contributed by atoms with Crippen molar-refractivity contribution in [2.75, 3.05) is 0 Å². The first-order chi connectivity index (χ1) is 7.40. The van der Waals surface area contributed by atoms with Gasteiger partial charge in [-0.3, -0.25) is 4.79 Å². The van der Waals surface area contributed by atoms with Crippen LogP contribution in [0.1, 0.15) is 31.9 Å². The Bertz CT molecular complexity index is 440. The Kier molecular flexibility index (Phi) is 2.64. The Balaban J connectivity index is 2.40. The van der Waals surface area contributed by atoms with E-state index in [2.05, 4.69) is 0 Å². The van der Waals surface area contributed by atoms with Gasteiger partial charge in [-0.1, -0.05) is 18.2 Å². The highest BCUT2D eigenvalue weighted by atomic mass is 16.5. The second-order valence-electron chi connectivity index (χ2n) is 4.78. The molecule has 1 heterocycles. The first kappa shape index (κ1) is 11.4. The van der Waals surface area contributed by atoms with E-state index in [0.29, 0.717) is 6.42 Å². The minimum Gasteiger partial charge on any atom is -0.423 e. The van der Waals surface area contributed by atoms with E-state index in [4.69, 9.17) is 4.65 Å².